The summed E-state index contributed by atoms with van der Waals surface area (Å²) in [5.41, 5.74) is 5.96. The van der Waals surface area contributed by atoms with Crippen LogP contribution in [0.25, 0.3) is 22.2 Å². The standard InChI is InChI=1S/C16H20N4/c1-11-15(13-6-4-5-7-14(13)18-11)16-12(8-9-17-2)10-20(3)19-16/h4-7,10,17-18H,8-9H2,1-3H3. The van der Waals surface area contributed by atoms with E-state index in [0.717, 1.165) is 18.7 Å². The fourth-order valence-electron chi connectivity index (χ4n) is 2.77. The van der Waals surface area contributed by atoms with Crippen molar-refractivity contribution in [2.24, 2.45) is 7.05 Å². The van der Waals surface area contributed by atoms with Crippen molar-refractivity contribution in [1.82, 2.24) is 20.1 Å². The summed E-state index contributed by atoms with van der Waals surface area (Å²) in [4.78, 5) is 3.45. The van der Waals surface area contributed by atoms with Crippen molar-refractivity contribution >= 4 is 10.9 Å². The van der Waals surface area contributed by atoms with Crippen molar-refractivity contribution in [3.63, 3.8) is 0 Å². The fourth-order valence-corrected chi connectivity index (χ4v) is 2.77. The molecule has 0 aliphatic heterocycles. The molecular formula is C16H20N4. The number of fused-ring (bicyclic) bond motifs is 1. The third-order valence-electron chi connectivity index (χ3n) is 3.68. The van der Waals surface area contributed by atoms with Gasteiger partial charge in [-0.15, -0.1) is 0 Å². The molecule has 0 spiro atoms. The average molecular weight is 268 g/mol. The molecule has 2 N–H and O–H groups in total. The molecule has 0 atom stereocenters. The van der Waals surface area contributed by atoms with E-state index in [1.165, 1.54) is 27.7 Å². The second-order valence-corrected chi connectivity index (χ2v) is 5.20. The number of benzene rings is 1. The Bertz CT molecular complexity index is 736. The summed E-state index contributed by atoms with van der Waals surface area (Å²) < 4.78 is 1.90. The van der Waals surface area contributed by atoms with Crippen molar-refractivity contribution in [2.75, 3.05) is 13.6 Å². The van der Waals surface area contributed by atoms with Crippen LogP contribution in [0.15, 0.2) is 30.5 Å². The predicted octanol–water partition coefficient (Wildman–Crippen LogP) is 2.64. The molecule has 4 nitrogen and oxygen atoms in total. The van der Waals surface area contributed by atoms with E-state index in [4.69, 9.17) is 0 Å². The number of H-pyrrole nitrogens is 1. The smallest absolute Gasteiger partial charge is 0.0979 e. The maximum atomic E-state index is 4.69. The number of rotatable bonds is 4. The summed E-state index contributed by atoms with van der Waals surface area (Å²) in [6.07, 6.45) is 3.10. The van der Waals surface area contributed by atoms with Gasteiger partial charge in [-0.1, -0.05) is 18.2 Å². The van der Waals surface area contributed by atoms with Gasteiger partial charge in [-0.25, -0.2) is 0 Å². The number of para-hydroxylation sites is 1. The Morgan fingerprint density at radius 3 is 2.90 bits per heavy atom. The van der Waals surface area contributed by atoms with E-state index >= 15 is 0 Å². The zero-order valence-corrected chi connectivity index (χ0v) is 12.2. The number of nitrogens with one attached hydrogen (secondary N) is 2. The molecule has 0 aliphatic carbocycles. The minimum Gasteiger partial charge on any atom is -0.358 e. The molecule has 0 fully saturated rings. The number of hydrogen-bond donors (Lipinski definition) is 2. The number of hydrogen-bond acceptors (Lipinski definition) is 2. The van der Waals surface area contributed by atoms with Crippen LogP contribution >= 0.6 is 0 Å². The van der Waals surface area contributed by atoms with Gasteiger partial charge in [0.2, 0.25) is 0 Å². The molecule has 1 aromatic carbocycles. The van der Waals surface area contributed by atoms with Gasteiger partial charge in [0.1, 0.15) is 0 Å². The molecule has 0 saturated heterocycles. The van der Waals surface area contributed by atoms with Crippen LogP contribution < -0.4 is 5.32 Å². The van der Waals surface area contributed by atoms with Gasteiger partial charge in [0.25, 0.3) is 0 Å². The second kappa shape index (κ2) is 5.13. The van der Waals surface area contributed by atoms with Gasteiger partial charge in [0.05, 0.1) is 5.69 Å². The first-order valence-electron chi connectivity index (χ1n) is 6.95. The number of aromatic nitrogens is 3. The van der Waals surface area contributed by atoms with Crippen LogP contribution in [0.4, 0.5) is 0 Å². The molecule has 0 aliphatic rings. The number of aromatic amines is 1. The Balaban J connectivity index is 2.17. The maximum absolute atomic E-state index is 4.69. The number of likely N-dealkylation sites (N-methyl/N-ethyl adjacent to an activating group) is 1. The molecule has 0 saturated carbocycles. The van der Waals surface area contributed by atoms with Crippen LogP contribution in [-0.4, -0.2) is 28.4 Å². The molecule has 0 unspecified atom stereocenters. The highest BCUT2D eigenvalue weighted by Crippen LogP contribution is 2.33. The Morgan fingerprint density at radius 1 is 1.30 bits per heavy atom. The summed E-state index contributed by atoms with van der Waals surface area (Å²) in [6.45, 7) is 3.08. The highest BCUT2D eigenvalue weighted by atomic mass is 15.3. The van der Waals surface area contributed by atoms with Crippen LogP contribution in [0.5, 0.6) is 0 Å². The van der Waals surface area contributed by atoms with Gasteiger partial charge in [0.15, 0.2) is 0 Å². The van der Waals surface area contributed by atoms with Crippen LogP contribution in [0.3, 0.4) is 0 Å². The van der Waals surface area contributed by atoms with Gasteiger partial charge in [-0.2, -0.15) is 5.10 Å². The fraction of sp³-hybridized carbons (Fsp3) is 0.312. The largest absolute Gasteiger partial charge is 0.358 e. The predicted molar refractivity (Wildman–Crippen MR) is 82.9 cm³/mol. The van der Waals surface area contributed by atoms with Gasteiger partial charge >= 0.3 is 0 Å². The molecule has 2 heterocycles. The average Bonchev–Trinajstić information content (AvgIpc) is 2.95. The molecular weight excluding hydrogens is 248 g/mol. The van der Waals surface area contributed by atoms with E-state index in [1.807, 2.05) is 18.8 Å². The third kappa shape index (κ3) is 2.12. The monoisotopic (exact) mass is 268 g/mol. The van der Waals surface area contributed by atoms with Crippen molar-refractivity contribution in [3.05, 3.63) is 41.7 Å². The van der Waals surface area contributed by atoms with Crippen molar-refractivity contribution in [3.8, 4) is 11.3 Å². The van der Waals surface area contributed by atoms with Gasteiger partial charge in [0, 0.05) is 35.4 Å². The maximum Gasteiger partial charge on any atom is 0.0979 e. The summed E-state index contributed by atoms with van der Waals surface area (Å²) >= 11 is 0. The van der Waals surface area contributed by atoms with Crippen molar-refractivity contribution < 1.29 is 0 Å². The van der Waals surface area contributed by atoms with Gasteiger partial charge in [-0.3, -0.25) is 4.68 Å². The van der Waals surface area contributed by atoms with E-state index in [2.05, 4.69) is 52.8 Å². The Labute approximate surface area is 118 Å². The van der Waals surface area contributed by atoms with Gasteiger partial charge in [-0.05, 0) is 38.6 Å². The van der Waals surface area contributed by atoms with E-state index in [9.17, 15) is 0 Å². The van der Waals surface area contributed by atoms with E-state index in [0.29, 0.717) is 0 Å². The highest BCUT2D eigenvalue weighted by molar-refractivity contribution is 5.97. The zero-order chi connectivity index (χ0) is 14.1. The third-order valence-corrected chi connectivity index (χ3v) is 3.68. The molecule has 0 amide bonds. The lowest BCUT2D eigenvalue weighted by molar-refractivity contribution is 0.765. The minimum atomic E-state index is 0.958. The molecule has 4 heteroatoms. The SMILES string of the molecule is CNCCc1cn(C)nc1-c1c(C)[nH]c2ccccc12. The molecule has 0 bridgehead atoms. The summed E-state index contributed by atoms with van der Waals surface area (Å²) in [7, 11) is 3.96. The first-order valence-corrected chi connectivity index (χ1v) is 6.95. The minimum absolute atomic E-state index is 0.958. The summed E-state index contributed by atoms with van der Waals surface area (Å²) in [5, 5.41) is 9.14. The van der Waals surface area contributed by atoms with Crippen LogP contribution in [0, 0.1) is 6.92 Å². The van der Waals surface area contributed by atoms with Crippen LogP contribution in [-0.2, 0) is 13.5 Å². The molecule has 3 aromatic rings. The Hall–Kier alpha value is -2.07. The first kappa shape index (κ1) is 12.9. The molecule has 3 rings (SSSR count). The van der Waals surface area contributed by atoms with Crippen molar-refractivity contribution in [2.45, 2.75) is 13.3 Å². The van der Waals surface area contributed by atoms with E-state index in [1.54, 1.807) is 0 Å². The number of aryl methyl sites for hydroxylation is 2. The van der Waals surface area contributed by atoms with Crippen LogP contribution in [0.1, 0.15) is 11.3 Å². The van der Waals surface area contributed by atoms with E-state index in [-0.39, 0.29) is 0 Å². The lowest BCUT2D eigenvalue weighted by Crippen LogP contribution is -2.10. The van der Waals surface area contributed by atoms with Crippen LogP contribution in [0.2, 0.25) is 0 Å². The Kier molecular flexibility index (Phi) is 3.32. The van der Waals surface area contributed by atoms with Gasteiger partial charge < -0.3 is 10.3 Å². The second-order valence-electron chi connectivity index (χ2n) is 5.20. The normalized spacial score (nSPS) is 11.3. The summed E-state index contributed by atoms with van der Waals surface area (Å²) in [5.74, 6) is 0. The lowest BCUT2D eigenvalue weighted by Gasteiger charge is -2.02. The van der Waals surface area contributed by atoms with Crippen molar-refractivity contribution in [1.29, 1.82) is 0 Å². The Morgan fingerprint density at radius 2 is 2.10 bits per heavy atom. The molecule has 104 valence electrons. The first-order chi connectivity index (χ1) is 9.70. The zero-order valence-electron chi connectivity index (χ0n) is 12.2. The topological polar surface area (TPSA) is 45.6 Å². The summed E-state index contributed by atoms with van der Waals surface area (Å²) in [6, 6.07) is 8.41. The molecule has 20 heavy (non-hydrogen) atoms. The highest BCUT2D eigenvalue weighted by Gasteiger charge is 2.16. The van der Waals surface area contributed by atoms with E-state index < -0.39 is 0 Å². The molecule has 0 radical (unpaired) electrons. The quantitative estimate of drug-likeness (QED) is 0.764. The lowest BCUT2D eigenvalue weighted by atomic mass is 10.0. The number of nitrogens with zero attached hydrogens (tertiary/aromatic N) is 2. The molecule has 2 aromatic heterocycles.